The second-order valence-corrected chi connectivity index (χ2v) is 5.03. The third-order valence-corrected chi connectivity index (χ3v) is 3.28. The van der Waals surface area contributed by atoms with Crippen molar-refractivity contribution in [3.63, 3.8) is 0 Å². The molecule has 0 bridgehead atoms. The van der Waals surface area contributed by atoms with Crippen LogP contribution >= 0.6 is 22.9 Å². The van der Waals surface area contributed by atoms with Crippen molar-refractivity contribution in [1.82, 2.24) is 4.98 Å². The summed E-state index contributed by atoms with van der Waals surface area (Å²) in [4.78, 5) is 4.18. The maximum absolute atomic E-state index is 5.82. The quantitative estimate of drug-likeness (QED) is 0.781. The molecule has 1 aliphatic carbocycles. The van der Waals surface area contributed by atoms with Gasteiger partial charge in [-0.15, -0.1) is 11.3 Å². The van der Waals surface area contributed by atoms with Gasteiger partial charge in [-0.2, -0.15) is 0 Å². The molecule has 4 heteroatoms. The summed E-state index contributed by atoms with van der Waals surface area (Å²) in [5.41, 5.74) is 0.947. The van der Waals surface area contributed by atoms with Crippen molar-refractivity contribution in [2.75, 3.05) is 0 Å². The smallest absolute Gasteiger partial charge is 0.184 e. The number of thiazole rings is 1. The van der Waals surface area contributed by atoms with Gasteiger partial charge >= 0.3 is 0 Å². The lowest BCUT2D eigenvalue weighted by atomic mass is 10.3. The number of nitrogens with zero attached hydrogens (tertiary/aromatic N) is 1. The van der Waals surface area contributed by atoms with E-state index in [1.807, 2.05) is 18.2 Å². The highest BCUT2D eigenvalue weighted by Crippen LogP contribution is 2.32. The third kappa shape index (κ3) is 1.57. The zero-order valence-electron chi connectivity index (χ0n) is 7.37. The maximum Gasteiger partial charge on any atom is 0.184 e. The van der Waals surface area contributed by atoms with Crippen molar-refractivity contribution >= 4 is 33.2 Å². The van der Waals surface area contributed by atoms with Gasteiger partial charge in [-0.3, -0.25) is 0 Å². The lowest BCUT2D eigenvalue weighted by Gasteiger charge is -2.02. The number of hydrogen-bond donors (Lipinski definition) is 0. The average molecular weight is 226 g/mol. The summed E-state index contributed by atoms with van der Waals surface area (Å²) in [7, 11) is 0. The monoisotopic (exact) mass is 225 g/mol. The Kier molecular flexibility index (Phi) is 1.89. The first kappa shape index (κ1) is 8.50. The molecule has 14 heavy (non-hydrogen) atoms. The van der Waals surface area contributed by atoms with E-state index in [0.29, 0.717) is 10.6 Å². The lowest BCUT2D eigenvalue weighted by molar-refractivity contribution is 0.303. The lowest BCUT2D eigenvalue weighted by Crippen LogP contribution is -1.94. The van der Waals surface area contributed by atoms with Gasteiger partial charge in [0.05, 0.1) is 16.3 Å². The van der Waals surface area contributed by atoms with Crippen LogP contribution in [-0.2, 0) is 0 Å². The molecule has 0 saturated heterocycles. The Labute approximate surface area is 90.5 Å². The van der Waals surface area contributed by atoms with Gasteiger partial charge in [-0.05, 0) is 31.0 Å². The second-order valence-electron chi connectivity index (χ2n) is 3.41. The van der Waals surface area contributed by atoms with Crippen LogP contribution in [0.15, 0.2) is 18.2 Å². The summed E-state index contributed by atoms with van der Waals surface area (Å²) in [6.07, 6.45) is 2.80. The highest BCUT2D eigenvalue weighted by molar-refractivity contribution is 7.22. The van der Waals surface area contributed by atoms with Gasteiger partial charge in [0.25, 0.3) is 0 Å². The Morgan fingerprint density at radius 3 is 3.07 bits per heavy atom. The first-order chi connectivity index (χ1) is 6.81. The Bertz CT molecular complexity index is 478. The summed E-state index contributed by atoms with van der Waals surface area (Å²) in [6, 6.07) is 5.92. The van der Waals surface area contributed by atoms with Crippen molar-refractivity contribution in [3.05, 3.63) is 22.7 Å². The number of rotatable bonds is 2. The molecule has 0 radical (unpaired) electrons. The highest BCUT2D eigenvalue weighted by atomic mass is 35.5. The molecule has 0 N–H and O–H groups in total. The predicted molar refractivity (Wildman–Crippen MR) is 58.3 cm³/mol. The zero-order valence-corrected chi connectivity index (χ0v) is 8.94. The van der Waals surface area contributed by atoms with Crippen molar-refractivity contribution < 1.29 is 4.74 Å². The van der Waals surface area contributed by atoms with Crippen LogP contribution < -0.4 is 4.74 Å². The highest BCUT2D eigenvalue weighted by Gasteiger charge is 2.23. The number of fused-ring (bicyclic) bond motifs is 1. The Balaban J connectivity index is 2.00. The van der Waals surface area contributed by atoms with Crippen LogP contribution in [0.4, 0.5) is 0 Å². The summed E-state index contributed by atoms with van der Waals surface area (Å²) in [5, 5.41) is 0. The van der Waals surface area contributed by atoms with Crippen molar-refractivity contribution in [2.45, 2.75) is 18.9 Å². The number of benzene rings is 1. The van der Waals surface area contributed by atoms with Crippen LogP contribution in [0.3, 0.4) is 0 Å². The van der Waals surface area contributed by atoms with Crippen LogP contribution in [0.2, 0.25) is 4.47 Å². The first-order valence-corrected chi connectivity index (χ1v) is 5.73. The van der Waals surface area contributed by atoms with E-state index in [1.165, 1.54) is 24.2 Å². The Hall–Kier alpha value is -0.800. The van der Waals surface area contributed by atoms with E-state index >= 15 is 0 Å². The van der Waals surface area contributed by atoms with E-state index in [-0.39, 0.29) is 0 Å². The van der Waals surface area contributed by atoms with Crippen LogP contribution in [0.25, 0.3) is 10.2 Å². The topological polar surface area (TPSA) is 22.1 Å². The summed E-state index contributed by atoms with van der Waals surface area (Å²) in [5.74, 6) is 0.931. The van der Waals surface area contributed by atoms with Gasteiger partial charge in [0.1, 0.15) is 5.75 Å². The molecule has 1 saturated carbocycles. The molecular weight excluding hydrogens is 218 g/mol. The van der Waals surface area contributed by atoms with Gasteiger partial charge in [-0.25, -0.2) is 4.98 Å². The van der Waals surface area contributed by atoms with Gasteiger partial charge in [0.15, 0.2) is 4.47 Å². The zero-order chi connectivity index (χ0) is 9.54. The minimum absolute atomic E-state index is 0.441. The van der Waals surface area contributed by atoms with Crippen molar-refractivity contribution in [1.29, 1.82) is 0 Å². The fraction of sp³-hybridized carbons (Fsp3) is 0.300. The predicted octanol–water partition coefficient (Wildman–Crippen LogP) is 3.49. The standard InChI is InChI=1S/C10H8ClNOS/c11-10-12-8-4-3-7(5-9(8)14-10)13-6-1-2-6/h3-6H,1-2H2. The fourth-order valence-corrected chi connectivity index (χ4v) is 2.39. The largest absolute Gasteiger partial charge is 0.490 e. The van der Waals surface area contributed by atoms with Gasteiger partial charge < -0.3 is 4.74 Å². The molecule has 1 aromatic heterocycles. The molecule has 3 rings (SSSR count). The van der Waals surface area contributed by atoms with E-state index in [2.05, 4.69) is 4.98 Å². The van der Waals surface area contributed by atoms with Crippen LogP contribution in [0.5, 0.6) is 5.75 Å². The molecule has 1 aliphatic rings. The second kappa shape index (κ2) is 3.11. The molecule has 72 valence electrons. The van der Waals surface area contributed by atoms with E-state index in [9.17, 15) is 0 Å². The van der Waals surface area contributed by atoms with Crippen molar-refractivity contribution in [2.24, 2.45) is 0 Å². The molecule has 1 aromatic carbocycles. The van der Waals surface area contributed by atoms with Crippen LogP contribution in [0, 0.1) is 0 Å². The average Bonchev–Trinajstić information content (AvgIpc) is 2.86. The summed E-state index contributed by atoms with van der Waals surface area (Å²) >= 11 is 7.31. The molecule has 0 spiro atoms. The first-order valence-electron chi connectivity index (χ1n) is 4.54. The van der Waals surface area contributed by atoms with Crippen LogP contribution in [0.1, 0.15) is 12.8 Å². The normalized spacial score (nSPS) is 16.1. The Morgan fingerprint density at radius 2 is 2.29 bits per heavy atom. The molecule has 1 fully saturated rings. The summed E-state index contributed by atoms with van der Waals surface area (Å²) < 4.78 is 7.36. The van der Waals surface area contributed by atoms with E-state index in [1.54, 1.807) is 0 Å². The van der Waals surface area contributed by atoms with Crippen LogP contribution in [-0.4, -0.2) is 11.1 Å². The van der Waals surface area contributed by atoms with Gasteiger partial charge in [0, 0.05) is 0 Å². The molecular formula is C10H8ClNOS. The molecule has 0 atom stereocenters. The molecule has 0 amide bonds. The summed E-state index contributed by atoms with van der Waals surface area (Å²) in [6.45, 7) is 0. The number of aromatic nitrogens is 1. The molecule has 2 aromatic rings. The number of halogens is 1. The number of ether oxygens (including phenoxy) is 1. The minimum atomic E-state index is 0.441. The minimum Gasteiger partial charge on any atom is -0.490 e. The third-order valence-electron chi connectivity index (χ3n) is 2.16. The molecule has 2 nitrogen and oxygen atoms in total. The molecule has 0 aliphatic heterocycles. The van der Waals surface area contributed by atoms with E-state index in [0.717, 1.165) is 16.0 Å². The number of hydrogen-bond acceptors (Lipinski definition) is 3. The SMILES string of the molecule is Clc1nc2ccc(OC3CC3)cc2s1. The van der Waals surface area contributed by atoms with Crippen molar-refractivity contribution in [3.8, 4) is 5.75 Å². The van der Waals surface area contributed by atoms with Gasteiger partial charge in [0.2, 0.25) is 0 Å². The molecule has 1 heterocycles. The van der Waals surface area contributed by atoms with E-state index in [4.69, 9.17) is 16.3 Å². The maximum atomic E-state index is 5.82. The fourth-order valence-electron chi connectivity index (χ4n) is 1.33. The van der Waals surface area contributed by atoms with E-state index < -0.39 is 0 Å². The Morgan fingerprint density at radius 1 is 1.43 bits per heavy atom. The van der Waals surface area contributed by atoms with Gasteiger partial charge in [-0.1, -0.05) is 11.6 Å². The molecule has 0 unspecified atom stereocenters.